The number of piperazine rings is 1. The van der Waals surface area contributed by atoms with Gasteiger partial charge in [0.1, 0.15) is 11.4 Å². The summed E-state index contributed by atoms with van der Waals surface area (Å²) < 4.78 is 10.9. The zero-order valence-corrected chi connectivity index (χ0v) is 16.5. The zero-order valence-electron chi connectivity index (χ0n) is 15.7. The van der Waals surface area contributed by atoms with Crippen LogP contribution in [0.15, 0.2) is 34.7 Å². The number of anilines is 1. The van der Waals surface area contributed by atoms with E-state index in [-0.39, 0.29) is 11.9 Å². The van der Waals surface area contributed by atoms with Crippen LogP contribution in [0.1, 0.15) is 31.3 Å². The Morgan fingerprint density at radius 1 is 1.15 bits per heavy atom. The summed E-state index contributed by atoms with van der Waals surface area (Å²) in [5.74, 6) is 0.878. The highest BCUT2D eigenvalue weighted by atomic mass is 35.5. The molecule has 1 amide bonds. The molecule has 7 heteroatoms. The monoisotopic (exact) mass is 390 g/mol. The SMILES string of the molecule is CC(C)(C)OC(=O)N1CCN(c2ccc(-c3ccc(C=O)o3)cc2Cl)CC1. The van der Waals surface area contributed by atoms with Crippen molar-refractivity contribution in [1.82, 2.24) is 4.90 Å². The van der Waals surface area contributed by atoms with Gasteiger partial charge in [-0.15, -0.1) is 0 Å². The molecular weight excluding hydrogens is 368 g/mol. The molecule has 1 aromatic heterocycles. The van der Waals surface area contributed by atoms with Crippen LogP contribution in [-0.2, 0) is 4.74 Å². The van der Waals surface area contributed by atoms with Crippen LogP contribution in [0.5, 0.6) is 0 Å². The molecule has 0 saturated carbocycles. The molecule has 0 bridgehead atoms. The maximum atomic E-state index is 12.2. The van der Waals surface area contributed by atoms with Crippen LogP contribution in [0.2, 0.25) is 5.02 Å². The van der Waals surface area contributed by atoms with Gasteiger partial charge in [-0.05, 0) is 51.1 Å². The molecule has 1 aliphatic rings. The van der Waals surface area contributed by atoms with Gasteiger partial charge in [0.05, 0.1) is 10.7 Å². The molecule has 1 aromatic carbocycles. The summed E-state index contributed by atoms with van der Waals surface area (Å²) in [5, 5.41) is 0.599. The maximum Gasteiger partial charge on any atom is 0.410 e. The first-order valence-corrected chi connectivity index (χ1v) is 9.22. The summed E-state index contributed by atoms with van der Waals surface area (Å²) in [6.45, 7) is 8.09. The lowest BCUT2D eigenvalue weighted by molar-refractivity contribution is 0.0240. The van der Waals surface area contributed by atoms with Gasteiger partial charge in [0.15, 0.2) is 12.0 Å². The van der Waals surface area contributed by atoms with E-state index in [1.54, 1.807) is 17.0 Å². The van der Waals surface area contributed by atoms with Crippen molar-refractivity contribution in [2.24, 2.45) is 0 Å². The average Bonchev–Trinajstić information content (AvgIpc) is 3.09. The summed E-state index contributed by atoms with van der Waals surface area (Å²) in [5.41, 5.74) is 1.22. The number of halogens is 1. The van der Waals surface area contributed by atoms with Gasteiger partial charge in [-0.3, -0.25) is 4.79 Å². The highest BCUT2D eigenvalue weighted by Gasteiger charge is 2.26. The molecule has 0 N–H and O–H groups in total. The van der Waals surface area contributed by atoms with Crippen LogP contribution in [0.4, 0.5) is 10.5 Å². The number of amides is 1. The van der Waals surface area contributed by atoms with Crippen LogP contribution in [0.25, 0.3) is 11.3 Å². The number of carbonyl (C=O) groups excluding carboxylic acids is 2. The Morgan fingerprint density at radius 3 is 2.41 bits per heavy atom. The van der Waals surface area contributed by atoms with Crippen molar-refractivity contribution >= 4 is 29.7 Å². The molecule has 2 heterocycles. The topological polar surface area (TPSA) is 63.0 Å². The minimum Gasteiger partial charge on any atom is -0.453 e. The number of benzene rings is 1. The lowest BCUT2D eigenvalue weighted by Gasteiger charge is -2.37. The Bertz CT molecular complexity index is 833. The van der Waals surface area contributed by atoms with Crippen molar-refractivity contribution in [2.75, 3.05) is 31.1 Å². The Balaban J connectivity index is 1.66. The normalized spacial score (nSPS) is 15.0. The van der Waals surface area contributed by atoms with Gasteiger partial charge >= 0.3 is 6.09 Å². The van der Waals surface area contributed by atoms with E-state index in [9.17, 15) is 9.59 Å². The number of ether oxygens (including phenoxy) is 1. The van der Waals surface area contributed by atoms with E-state index in [0.717, 1.165) is 11.3 Å². The van der Waals surface area contributed by atoms with Crippen molar-refractivity contribution < 1.29 is 18.7 Å². The fourth-order valence-corrected chi connectivity index (χ4v) is 3.24. The number of hydrogen-bond donors (Lipinski definition) is 0. The number of furan rings is 1. The van der Waals surface area contributed by atoms with Crippen LogP contribution in [-0.4, -0.2) is 49.1 Å². The molecule has 0 unspecified atom stereocenters. The third-order valence-corrected chi connectivity index (χ3v) is 4.55. The van der Waals surface area contributed by atoms with Crippen molar-refractivity contribution in [1.29, 1.82) is 0 Å². The van der Waals surface area contributed by atoms with Crippen LogP contribution in [0.3, 0.4) is 0 Å². The molecule has 0 aliphatic carbocycles. The molecule has 1 aliphatic heterocycles. The molecule has 0 radical (unpaired) electrons. The Morgan fingerprint density at radius 2 is 1.85 bits per heavy atom. The molecule has 1 saturated heterocycles. The third kappa shape index (κ3) is 4.63. The van der Waals surface area contributed by atoms with E-state index in [2.05, 4.69) is 4.90 Å². The van der Waals surface area contributed by atoms with E-state index in [1.807, 2.05) is 39.0 Å². The van der Waals surface area contributed by atoms with E-state index in [0.29, 0.717) is 43.2 Å². The van der Waals surface area contributed by atoms with Gasteiger partial charge in [0, 0.05) is 31.7 Å². The number of rotatable bonds is 3. The average molecular weight is 391 g/mol. The Kier molecular flexibility index (Phi) is 5.46. The van der Waals surface area contributed by atoms with E-state index in [4.69, 9.17) is 20.8 Å². The maximum absolute atomic E-state index is 12.2. The fourth-order valence-electron chi connectivity index (χ4n) is 2.94. The molecule has 144 valence electrons. The van der Waals surface area contributed by atoms with Crippen molar-refractivity contribution in [2.45, 2.75) is 26.4 Å². The molecule has 0 spiro atoms. The summed E-state index contributed by atoms with van der Waals surface area (Å²) >= 11 is 6.48. The molecule has 0 atom stereocenters. The second-order valence-electron chi connectivity index (χ2n) is 7.44. The number of carbonyl (C=O) groups is 2. The van der Waals surface area contributed by atoms with Crippen molar-refractivity contribution in [3.63, 3.8) is 0 Å². The molecule has 6 nitrogen and oxygen atoms in total. The van der Waals surface area contributed by atoms with Gasteiger partial charge in [0.25, 0.3) is 0 Å². The predicted octanol–water partition coefficient (Wildman–Crippen LogP) is 4.47. The van der Waals surface area contributed by atoms with E-state index in [1.165, 1.54) is 0 Å². The highest BCUT2D eigenvalue weighted by Crippen LogP contribution is 2.32. The predicted molar refractivity (Wildman–Crippen MR) is 105 cm³/mol. The number of nitrogens with zero attached hydrogens (tertiary/aromatic N) is 2. The first-order valence-electron chi connectivity index (χ1n) is 8.84. The quantitative estimate of drug-likeness (QED) is 0.723. The van der Waals surface area contributed by atoms with Gasteiger partial charge in [-0.25, -0.2) is 4.79 Å². The lowest BCUT2D eigenvalue weighted by Crippen LogP contribution is -2.50. The molecule has 3 rings (SSSR count). The second-order valence-corrected chi connectivity index (χ2v) is 7.85. The summed E-state index contributed by atoms with van der Waals surface area (Å²) in [6, 6.07) is 9.04. The van der Waals surface area contributed by atoms with Gasteiger partial charge < -0.3 is 19.0 Å². The van der Waals surface area contributed by atoms with Crippen molar-refractivity contribution in [3.8, 4) is 11.3 Å². The lowest BCUT2D eigenvalue weighted by atomic mass is 10.1. The van der Waals surface area contributed by atoms with Crippen molar-refractivity contribution in [3.05, 3.63) is 41.1 Å². The van der Waals surface area contributed by atoms with Crippen LogP contribution < -0.4 is 4.90 Å². The third-order valence-electron chi connectivity index (χ3n) is 4.25. The minimum absolute atomic E-state index is 0.281. The first kappa shape index (κ1) is 19.3. The summed E-state index contributed by atoms with van der Waals surface area (Å²) in [4.78, 5) is 26.8. The summed E-state index contributed by atoms with van der Waals surface area (Å²) in [6.07, 6.45) is 0.385. The molecule has 1 fully saturated rings. The molecule has 2 aromatic rings. The zero-order chi connectivity index (χ0) is 19.6. The highest BCUT2D eigenvalue weighted by molar-refractivity contribution is 6.33. The largest absolute Gasteiger partial charge is 0.453 e. The minimum atomic E-state index is -0.497. The van der Waals surface area contributed by atoms with Crippen LogP contribution in [0, 0.1) is 0 Å². The smallest absolute Gasteiger partial charge is 0.410 e. The van der Waals surface area contributed by atoms with Crippen LogP contribution >= 0.6 is 11.6 Å². The first-order chi connectivity index (χ1) is 12.8. The number of aldehydes is 1. The number of hydrogen-bond acceptors (Lipinski definition) is 5. The molecular formula is C20H23ClN2O4. The Labute approximate surface area is 163 Å². The second kappa shape index (κ2) is 7.64. The van der Waals surface area contributed by atoms with Gasteiger partial charge in [-0.1, -0.05) is 11.6 Å². The summed E-state index contributed by atoms with van der Waals surface area (Å²) in [7, 11) is 0. The van der Waals surface area contributed by atoms with E-state index < -0.39 is 5.60 Å². The van der Waals surface area contributed by atoms with Gasteiger partial charge in [0.2, 0.25) is 0 Å². The fraction of sp³-hybridized carbons (Fsp3) is 0.400. The van der Waals surface area contributed by atoms with E-state index >= 15 is 0 Å². The standard InChI is InChI=1S/C20H23ClN2O4/c1-20(2,3)27-19(25)23-10-8-22(9-11-23)17-6-4-14(12-16(17)21)18-7-5-15(13-24)26-18/h4-7,12-13H,8-11H2,1-3H3. The Hall–Kier alpha value is -2.47. The van der Waals surface area contributed by atoms with Gasteiger partial charge in [-0.2, -0.15) is 0 Å². The molecule has 27 heavy (non-hydrogen) atoms.